The first-order chi connectivity index (χ1) is 9.56. The number of rotatable bonds is 4. The molecule has 20 heavy (non-hydrogen) atoms. The summed E-state index contributed by atoms with van der Waals surface area (Å²) in [6, 6.07) is 10.4. The third-order valence-electron chi connectivity index (χ3n) is 2.69. The van der Waals surface area contributed by atoms with E-state index in [9.17, 15) is 9.18 Å². The van der Waals surface area contributed by atoms with E-state index in [0.29, 0.717) is 5.69 Å². The molecule has 0 atom stereocenters. The van der Waals surface area contributed by atoms with Crippen molar-refractivity contribution in [3.63, 3.8) is 0 Å². The molecule has 0 aliphatic carbocycles. The van der Waals surface area contributed by atoms with Crippen molar-refractivity contribution < 1.29 is 9.18 Å². The molecule has 0 saturated heterocycles. The minimum Gasteiger partial charge on any atom is -0.322 e. The van der Waals surface area contributed by atoms with Gasteiger partial charge in [0.05, 0.1) is 5.56 Å². The molecule has 2 rings (SSSR count). The van der Waals surface area contributed by atoms with Gasteiger partial charge in [-0.3, -0.25) is 4.79 Å². The number of hydrogen-bond acceptors (Lipinski definition) is 3. The lowest BCUT2D eigenvalue weighted by Crippen LogP contribution is -2.15. The maximum atomic E-state index is 13.4. The lowest BCUT2D eigenvalue weighted by molar-refractivity contribution is 0.102. The number of nitrogens with one attached hydrogen (secondary N) is 1. The van der Waals surface area contributed by atoms with Crippen LogP contribution in [0.3, 0.4) is 0 Å². The summed E-state index contributed by atoms with van der Waals surface area (Å²) in [5.74, 6) is -1.27. The Morgan fingerprint density at radius 3 is 2.80 bits per heavy atom. The largest absolute Gasteiger partial charge is 0.322 e. The van der Waals surface area contributed by atoms with E-state index in [1.807, 2.05) is 37.2 Å². The fourth-order valence-electron chi connectivity index (χ4n) is 1.87. The maximum absolute atomic E-state index is 13.4. The number of anilines is 1. The Morgan fingerprint density at radius 1 is 1.30 bits per heavy atom. The monoisotopic (exact) mass is 273 g/mol. The van der Waals surface area contributed by atoms with Crippen molar-refractivity contribution in [1.29, 1.82) is 0 Å². The molecule has 0 unspecified atom stereocenters. The SMILES string of the molecule is CN(C)Cc1cccc(NC(=O)c2cccnc2F)c1. The minimum absolute atomic E-state index is 0.0643. The second kappa shape index (κ2) is 6.25. The Bertz CT molecular complexity index is 614. The van der Waals surface area contributed by atoms with E-state index in [4.69, 9.17) is 0 Å². The molecule has 4 nitrogen and oxygen atoms in total. The molecule has 0 aliphatic heterocycles. The van der Waals surface area contributed by atoms with Crippen molar-refractivity contribution in [2.45, 2.75) is 6.54 Å². The molecule has 0 fully saturated rings. The number of halogens is 1. The number of benzene rings is 1. The first kappa shape index (κ1) is 14.1. The zero-order valence-electron chi connectivity index (χ0n) is 11.4. The third kappa shape index (κ3) is 3.61. The normalized spacial score (nSPS) is 10.6. The van der Waals surface area contributed by atoms with Crippen molar-refractivity contribution in [2.24, 2.45) is 0 Å². The molecule has 1 heterocycles. The van der Waals surface area contributed by atoms with E-state index < -0.39 is 11.9 Å². The Balaban J connectivity index is 2.14. The van der Waals surface area contributed by atoms with Crippen molar-refractivity contribution >= 4 is 11.6 Å². The topological polar surface area (TPSA) is 45.2 Å². The van der Waals surface area contributed by atoms with Gasteiger partial charge in [-0.25, -0.2) is 4.98 Å². The molecule has 5 heteroatoms. The van der Waals surface area contributed by atoms with Crippen LogP contribution in [0.5, 0.6) is 0 Å². The highest BCUT2D eigenvalue weighted by molar-refractivity contribution is 6.04. The summed E-state index contributed by atoms with van der Waals surface area (Å²) in [6.07, 6.45) is 1.31. The second-order valence-electron chi connectivity index (χ2n) is 4.73. The van der Waals surface area contributed by atoms with Crippen molar-refractivity contribution in [3.8, 4) is 0 Å². The highest BCUT2D eigenvalue weighted by Gasteiger charge is 2.12. The van der Waals surface area contributed by atoms with Gasteiger partial charge < -0.3 is 10.2 Å². The van der Waals surface area contributed by atoms with E-state index in [1.165, 1.54) is 18.3 Å². The zero-order valence-corrected chi connectivity index (χ0v) is 11.4. The molecule has 104 valence electrons. The van der Waals surface area contributed by atoms with Crippen LogP contribution in [0, 0.1) is 5.95 Å². The lowest BCUT2D eigenvalue weighted by atomic mass is 10.2. The Labute approximate surface area is 117 Å². The first-order valence-corrected chi connectivity index (χ1v) is 6.22. The van der Waals surface area contributed by atoms with Gasteiger partial charge in [-0.15, -0.1) is 0 Å². The van der Waals surface area contributed by atoms with Gasteiger partial charge in [0, 0.05) is 18.4 Å². The van der Waals surface area contributed by atoms with Crippen LogP contribution >= 0.6 is 0 Å². The third-order valence-corrected chi connectivity index (χ3v) is 2.69. The number of nitrogens with zero attached hydrogens (tertiary/aromatic N) is 2. The smallest absolute Gasteiger partial charge is 0.260 e. The van der Waals surface area contributed by atoms with Crippen LogP contribution in [0.25, 0.3) is 0 Å². The maximum Gasteiger partial charge on any atom is 0.260 e. The Hall–Kier alpha value is -2.27. The molecule has 0 saturated carbocycles. The van der Waals surface area contributed by atoms with Crippen LogP contribution in [0.15, 0.2) is 42.6 Å². The van der Waals surface area contributed by atoms with Gasteiger partial charge in [0.15, 0.2) is 0 Å². The molecule has 0 bridgehead atoms. The van der Waals surface area contributed by atoms with Gasteiger partial charge in [0.1, 0.15) is 0 Å². The second-order valence-corrected chi connectivity index (χ2v) is 4.73. The van der Waals surface area contributed by atoms with Crippen LogP contribution < -0.4 is 5.32 Å². The summed E-state index contributed by atoms with van der Waals surface area (Å²) in [5.41, 5.74) is 1.64. The van der Waals surface area contributed by atoms with E-state index in [-0.39, 0.29) is 5.56 Å². The van der Waals surface area contributed by atoms with Gasteiger partial charge >= 0.3 is 0 Å². The fourth-order valence-corrected chi connectivity index (χ4v) is 1.87. The van der Waals surface area contributed by atoms with Gasteiger partial charge in [-0.1, -0.05) is 12.1 Å². The quantitative estimate of drug-likeness (QED) is 0.871. The Morgan fingerprint density at radius 2 is 2.10 bits per heavy atom. The van der Waals surface area contributed by atoms with Crippen molar-refractivity contribution in [3.05, 3.63) is 59.7 Å². The average molecular weight is 273 g/mol. The van der Waals surface area contributed by atoms with Gasteiger partial charge in [-0.05, 0) is 43.9 Å². The predicted octanol–water partition coefficient (Wildman–Crippen LogP) is 2.53. The van der Waals surface area contributed by atoms with Crippen LogP contribution in [0.2, 0.25) is 0 Å². The van der Waals surface area contributed by atoms with E-state index in [2.05, 4.69) is 10.3 Å². The van der Waals surface area contributed by atoms with Crippen molar-refractivity contribution in [1.82, 2.24) is 9.88 Å². The summed E-state index contributed by atoms with van der Waals surface area (Å²) >= 11 is 0. The first-order valence-electron chi connectivity index (χ1n) is 6.22. The summed E-state index contributed by atoms with van der Waals surface area (Å²) in [4.78, 5) is 17.5. The lowest BCUT2D eigenvalue weighted by Gasteiger charge is -2.11. The predicted molar refractivity (Wildman–Crippen MR) is 76.0 cm³/mol. The van der Waals surface area contributed by atoms with Crippen LogP contribution in [0.4, 0.5) is 10.1 Å². The van der Waals surface area contributed by atoms with E-state index >= 15 is 0 Å². The molecular weight excluding hydrogens is 257 g/mol. The molecule has 0 spiro atoms. The van der Waals surface area contributed by atoms with E-state index in [1.54, 1.807) is 6.07 Å². The fraction of sp³-hybridized carbons (Fsp3) is 0.200. The molecule has 0 aliphatic rings. The van der Waals surface area contributed by atoms with Gasteiger partial charge in [-0.2, -0.15) is 4.39 Å². The summed E-state index contributed by atoms with van der Waals surface area (Å²) < 4.78 is 13.4. The average Bonchev–Trinajstić information content (AvgIpc) is 2.38. The molecule has 1 aromatic heterocycles. The number of carbonyl (C=O) groups excluding carboxylic acids is 1. The summed E-state index contributed by atoms with van der Waals surface area (Å²) in [7, 11) is 3.94. The van der Waals surface area contributed by atoms with Gasteiger partial charge in [0.25, 0.3) is 5.91 Å². The number of amides is 1. The van der Waals surface area contributed by atoms with Gasteiger partial charge in [0.2, 0.25) is 5.95 Å². The molecule has 0 radical (unpaired) electrons. The van der Waals surface area contributed by atoms with Crippen LogP contribution in [-0.4, -0.2) is 29.9 Å². The highest BCUT2D eigenvalue weighted by Crippen LogP contribution is 2.14. The van der Waals surface area contributed by atoms with E-state index in [0.717, 1.165) is 12.1 Å². The summed E-state index contributed by atoms with van der Waals surface area (Å²) in [6.45, 7) is 0.769. The molecule has 2 aromatic rings. The molecule has 1 aromatic carbocycles. The minimum atomic E-state index is -0.769. The number of carbonyl (C=O) groups is 1. The Kier molecular flexibility index (Phi) is 4.42. The molecule has 1 amide bonds. The van der Waals surface area contributed by atoms with Crippen LogP contribution in [-0.2, 0) is 6.54 Å². The number of aromatic nitrogens is 1. The standard InChI is InChI=1S/C15H16FN3O/c1-19(2)10-11-5-3-6-12(9-11)18-15(20)13-7-4-8-17-14(13)16/h3-9H,10H2,1-2H3,(H,18,20). The summed E-state index contributed by atoms with van der Waals surface area (Å²) in [5, 5.41) is 2.68. The zero-order chi connectivity index (χ0) is 14.5. The van der Waals surface area contributed by atoms with Crippen LogP contribution in [0.1, 0.15) is 15.9 Å². The molecule has 1 N–H and O–H groups in total. The van der Waals surface area contributed by atoms with Crippen molar-refractivity contribution in [2.75, 3.05) is 19.4 Å². The molecular formula is C15H16FN3O. The highest BCUT2D eigenvalue weighted by atomic mass is 19.1. The number of hydrogen-bond donors (Lipinski definition) is 1. The number of pyridine rings is 1.